The molecular formula is C15H18F2N2O2. The molecule has 0 aliphatic carbocycles. The van der Waals surface area contributed by atoms with Crippen LogP contribution in [0.3, 0.4) is 0 Å². The van der Waals surface area contributed by atoms with Crippen LogP contribution in [0.2, 0.25) is 0 Å². The number of halogens is 2. The number of benzene rings is 1. The van der Waals surface area contributed by atoms with Gasteiger partial charge in [-0.2, -0.15) is 5.26 Å². The van der Waals surface area contributed by atoms with Crippen LogP contribution in [0.25, 0.3) is 0 Å². The van der Waals surface area contributed by atoms with Crippen LogP contribution in [0.5, 0.6) is 0 Å². The van der Waals surface area contributed by atoms with Crippen LogP contribution in [0.4, 0.5) is 8.78 Å². The molecule has 0 saturated carbocycles. The van der Waals surface area contributed by atoms with Crippen molar-refractivity contribution in [3.05, 3.63) is 35.4 Å². The zero-order valence-electron chi connectivity index (χ0n) is 12.2. The number of rotatable bonds is 6. The average molecular weight is 296 g/mol. The minimum absolute atomic E-state index is 0.0104. The highest BCUT2D eigenvalue weighted by molar-refractivity contribution is 5.78. The maximum Gasteiger partial charge on any atom is 0.221 e. The first-order valence-electron chi connectivity index (χ1n) is 6.47. The molecule has 0 aliphatic rings. The fourth-order valence-electron chi connectivity index (χ4n) is 2.03. The summed E-state index contributed by atoms with van der Waals surface area (Å²) in [6.07, 6.45) is -0.0104. The van der Waals surface area contributed by atoms with Crippen LogP contribution in [0.1, 0.15) is 31.7 Å². The Morgan fingerprint density at radius 2 is 2.19 bits per heavy atom. The lowest BCUT2D eigenvalue weighted by atomic mass is 9.96. The number of nitrogens with zero attached hydrogens (tertiary/aromatic N) is 1. The summed E-state index contributed by atoms with van der Waals surface area (Å²) in [6, 6.07) is 5.22. The largest absolute Gasteiger partial charge is 0.381 e. The summed E-state index contributed by atoms with van der Waals surface area (Å²) in [7, 11) is 1.43. The Bertz CT molecular complexity index is 557. The first kappa shape index (κ1) is 17.1. The Morgan fingerprint density at radius 1 is 1.52 bits per heavy atom. The molecule has 1 aromatic rings. The molecule has 0 aliphatic heterocycles. The SMILES string of the molecule is COC[C@@](C)(C#N)NC(=O)C[C@@H](C)c1ccc(F)cc1F. The van der Waals surface area contributed by atoms with Crippen LogP contribution in [-0.2, 0) is 9.53 Å². The van der Waals surface area contributed by atoms with E-state index in [1.807, 2.05) is 6.07 Å². The summed E-state index contributed by atoms with van der Waals surface area (Å²) in [5.74, 6) is -2.18. The lowest BCUT2D eigenvalue weighted by Gasteiger charge is -2.23. The van der Waals surface area contributed by atoms with Crippen LogP contribution in [-0.4, -0.2) is 25.2 Å². The van der Waals surface area contributed by atoms with Crippen LogP contribution in [0, 0.1) is 23.0 Å². The van der Waals surface area contributed by atoms with E-state index < -0.39 is 29.0 Å². The molecule has 1 N–H and O–H groups in total. The Morgan fingerprint density at radius 3 is 2.71 bits per heavy atom. The van der Waals surface area contributed by atoms with E-state index in [2.05, 4.69) is 5.32 Å². The molecule has 4 nitrogen and oxygen atoms in total. The minimum Gasteiger partial charge on any atom is -0.381 e. The van der Waals surface area contributed by atoms with Gasteiger partial charge in [-0.15, -0.1) is 0 Å². The van der Waals surface area contributed by atoms with Crippen molar-refractivity contribution in [2.75, 3.05) is 13.7 Å². The monoisotopic (exact) mass is 296 g/mol. The molecule has 1 amide bonds. The number of methoxy groups -OCH3 is 1. The summed E-state index contributed by atoms with van der Waals surface area (Å²) in [6.45, 7) is 3.25. The quantitative estimate of drug-likeness (QED) is 0.877. The van der Waals surface area contributed by atoms with Gasteiger partial charge in [0.15, 0.2) is 0 Å². The zero-order valence-corrected chi connectivity index (χ0v) is 12.2. The molecule has 0 aromatic heterocycles. The van der Waals surface area contributed by atoms with Gasteiger partial charge in [0.2, 0.25) is 5.91 Å². The number of hydrogen-bond acceptors (Lipinski definition) is 3. The lowest BCUT2D eigenvalue weighted by Crippen LogP contribution is -2.48. The van der Waals surface area contributed by atoms with Gasteiger partial charge in [0.25, 0.3) is 0 Å². The second kappa shape index (κ2) is 7.14. The topological polar surface area (TPSA) is 62.1 Å². The average Bonchev–Trinajstić information content (AvgIpc) is 2.38. The third-order valence-corrected chi connectivity index (χ3v) is 3.08. The number of nitrogens with one attached hydrogen (secondary N) is 1. The van der Waals surface area contributed by atoms with E-state index in [1.165, 1.54) is 20.1 Å². The van der Waals surface area contributed by atoms with Crippen molar-refractivity contribution in [3.8, 4) is 6.07 Å². The van der Waals surface area contributed by atoms with Gasteiger partial charge in [-0.3, -0.25) is 4.79 Å². The molecule has 0 spiro atoms. The fourth-order valence-corrected chi connectivity index (χ4v) is 2.03. The van der Waals surface area contributed by atoms with Crippen molar-refractivity contribution in [2.45, 2.75) is 31.7 Å². The van der Waals surface area contributed by atoms with Gasteiger partial charge >= 0.3 is 0 Å². The van der Waals surface area contributed by atoms with Crippen molar-refractivity contribution in [1.29, 1.82) is 5.26 Å². The molecule has 0 heterocycles. The molecule has 0 unspecified atom stereocenters. The van der Waals surface area contributed by atoms with Gasteiger partial charge in [0, 0.05) is 19.6 Å². The van der Waals surface area contributed by atoms with E-state index in [0.29, 0.717) is 0 Å². The van der Waals surface area contributed by atoms with E-state index in [0.717, 1.165) is 12.1 Å². The van der Waals surface area contributed by atoms with Crippen molar-refractivity contribution in [3.63, 3.8) is 0 Å². The number of amides is 1. The molecule has 0 radical (unpaired) electrons. The van der Waals surface area contributed by atoms with Gasteiger partial charge < -0.3 is 10.1 Å². The summed E-state index contributed by atoms with van der Waals surface area (Å²) >= 11 is 0. The minimum atomic E-state index is -1.13. The van der Waals surface area contributed by atoms with Gasteiger partial charge in [0.05, 0.1) is 12.7 Å². The predicted octanol–water partition coefficient (Wildman–Crippen LogP) is 2.50. The summed E-state index contributed by atoms with van der Waals surface area (Å²) < 4.78 is 31.4. The maximum atomic E-state index is 13.6. The molecule has 0 fully saturated rings. The number of ether oxygens (including phenoxy) is 1. The molecule has 2 atom stereocenters. The fraction of sp³-hybridized carbons (Fsp3) is 0.467. The Kier molecular flexibility index (Phi) is 5.79. The molecule has 114 valence electrons. The molecule has 0 saturated heterocycles. The van der Waals surface area contributed by atoms with Gasteiger partial charge in [0.1, 0.15) is 17.2 Å². The lowest BCUT2D eigenvalue weighted by molar-refractivity contribution is -0.123. The highest BCUT2D eigenvalue weighted by Crippen LogP contribution is 2.23. The van der Waals surface area contributed by atoms with Gasteiger partial charge in [-0.25, -0.2) is 8.78 Å². The van der Waals surface area contributed by atoms with Crippen molar-refractivity contribution in [1.82, 2.24) is 5.32 Å². The van der Waals surface area contributed by atoms with E-state index in [-0.39, 0.29) is 18.6 Å². The molecule has 1 rings (SSSR count). The first-order chi connectivity index (χ1) is 9.81. The number of nitriles is 1. The van der Waals surface area contributed by atoms with Crippen molar-refractivity contribution in [2.24, 2.45) is 0 Å². The number of carbonyl (C=O) groups is 1. The molecule has 6 heteroatoms. The molecular weight excluding hydrogens is 278 g/mol. The highest BCUT2D eigenvalue weighted by Gasteiger charge is 2.27. The van der Waals surface area contributed by atoms with Crippen molar-refractivity contribution >= 4 is 5.91 Å². The molecule has 1 aromatic carbocycles. The molecule has 21 heavy (non-hydrogen) atoms. The third-order valence-electron chi connectivity index (χ3n) is 3.08. The summed E-state index contributed by atoms with van der Waals surface area (Å²) in [5.41, 5.74) is -0.871. The standard InChI is InChI=1S/C15H18F2N2O2/c1-10(12-5-4-11(16)7-13(12)17)6-14(20)19-15(2,8-18)9-21-3/h4-5,7,10H,6,9H2,1-3H3,(H,19,20)/t10-,15-/m1/s1. The van der Waals surface area contributed by atoms with E-state index in [9.17, 15) is 13.6 Å². The van der Waals surface area contributed by atoms with Crippen LogP contribution >= 0.6 is 0 Å². The van der Waals surface area contributed by atoms with E-state index in [4.69, 9.17) is 10.00 Å². The Labute approximate surface area is 122 Å². The molecule has 0 bridgehead atoms. The predicted molar refractivity (Wildman–Crippen MR) is 73.4 cm³/mol. The Hall–Kier alpha value is -2.00. The van der Waals surface area contributed by atoms with Crippen LogP contribution in [0.15, 0.2) is 18.2 Å². The number of carbonyl (C=O) groups excluding carboxylic acids is 1. The second-order valence-corrected chi connectivity index (χ2v) is 5.20. The second-order valence-electron chi connectivity index (χ2n) is 5.20. The summed E-state index contributed by atoms with van der Waals surface area (Å²) in [5, 5.41) is 11.6. The van der Waals surface area contributed by atoms with Crippen LogP contribution < -0.4 is 5.32 Å². The normalized spacial score (nSPS) is 14.9. The van der Waals surface area contributed by atoms with E-state index >= 15 is 0 Å². The van der Waals surface area contributed by atoms with Gasteiger partial charge in [-0.05, 0) is 24.5 Å². The Balaban J connectivity index is 2.72. The smallest absolute Gasteiger partial charge is 0.221 e. The van der Waals surface area contributed by atoms with Crippen molar-refractivity contribution < 1.29 is 18.3 Å². The third kappa shape index (κ3) is 4.80. The summed E-state index contributed by atoms with van der Waals surface area (Å²) in [4.78, 5) is 11.9. The first-order valence-corrected chi connectivity index (χ1v) is 6.47. The van der Waals surface area contributed by atoms with E-state index in [1.54, 1.807) is 6.92 Å². The van der Waals surface area contributed by atoms with Gasteiger partial charge in [-0.1, -0.05) is 13.0 Å². The highest BCUT2D eigenvalue weighted by atomic mass is 19.1. The zero-order chi connectivity index (χ0) is 16.0. The number of hydrogen-bond donors (Lipinski definition) is 1. The maximum absolute atomic E-state index is 13.6.